The van der Waals surface area contributed by atoms with Gasteiger partial charge in [0.1, 0.15) is 5.76 Å². The lowest BCUT2D eigenvalue weighted by Gasteiger charge is -1.93. The van der Waals surface area contributed by atoms with Crippen LogP contribution in [0.1, 0.15) is 5.76 Å². The molecule has 0 fully saturated rings. The number of nitrogens with two attached hydrogens (primary N) is 1. The molecule has 0 saturated carbocycles. The first-order valence-corrected chi connectivity index (χ1v) is 4.82. The molecule has 0 aromatic carbocycles. The number of amides is 1. The zero-order chi connectivity index (χ0) is 8.97. The van der Waals surface area contributed by atoms with Gasteiger partial charge >= 0.3 is 0 Å². The van der Waals surface area contributed by atoms with Crippen molar-refractivity contribution < 1.29 is 9.21 Å². The molecule has 66 valence electrons. The minimum Gasteiger partial charge on any atom is -0.449 e. The van der Waals surface area contributed by atoms with Crippen LogP contribution in [0.15, 0.2) is 16.5 Å². The molecule has 1 rings (SSSR count). The van der Waals surface area contributed by atoms with Gasteiger partial charge in [-0.2, -0.15) is 0 Å². The van der Waals surface area contributed by atoms with E-state index in [1.807, 2.05) is 0 Å². The SMILES string of the molecule is NC(=O)CSCc1ccc(Cl)o1. The molecule has 0 aliphatic rings. The van der Waals surface area contributed by atoms with Crippen molar-refractivity contribution in [2.45, 2.75) is 5.75 Å². The lowest BCUT2D eigenvalue weighted by Crippen LogP contribution is -2.13. The molecular formula is C7H8ClNO2S. The minimum absolute atomic E-state index is 0.304. The number of rotatable bonds is 4. The van der Waals surface area contributed by atoms with Gasteiger partial charge in [0.15, 0.2) is 5.22 Å². The van der Waals surface area contributed by atoms with Crippen LogP contribution in [0.5, 0.6) is 0 Å². The van der Waals surface area contributed by atoms with E-state index < -0.39 is 0 Å². The number of primary amides is 1. The molecule has 1 aromatic rings. The average Bonchev–Trinajstić information content (AvgIpc) is 2.35. The fraction of sp³-hybridized carbons (Fsp3) is 0.286. The molecule has 0 aliphatic carbocycles. The lowest BCUT2D eigenvalue weighted by atomic mass is 10.5. The second kappa shape index (κ2) is 4.42. The van der Waals surface area contributed by atoms with E-state index in [0.717, 1.165) is 5.76 Å². The number of hydrogen-bond donors (Lipinski definition) is 1. The van der Waals surface area contributed by atoms with Crippen LogP contribution in [-0.2, 0) is 10.5 Å². The Morgan fingerprint density at radius 2 is 2.42 bits per heavy atom. The summed E-state index contributed by atoms with van der Waals surface area (Å²) in [5.41, 5.74) is 4.95. The van der Waals surface area contributed by atoms with E-state index in [1.54, 1.807) is 12.1 Å². The maximum absolute atomic E-state index is 10.3. The summed E-state index contributed by atoms with van der Waals surface area (Å²) in [6, 6.07) is 3.44. The Labute approximate surface area is 79.2 Å². The van der Waals surface area contributed by atoms with E-state index in [9.17, 15) is 4.79 Å². The predicted octanol–water partition coefficient (Wildman–Crippen LogP) is 1.65. The molecule has 2 N–H and O–H groups in total. The summed E-state index contributed by atoms with van der Waals surface area (Å²) < 4.78 is 5.06. The number of carbonyl (C=O) groups excluding carboxylic acids is 1. The molecule has 1 heterocycles. The molecule has 0 spiro atoms. The van der Waals surface area contributed by atoms with E-state index in [4.69, 9.17) is 21.8 Å². The first-order valence-electron chi connectivity index (χ1n) is 3.29. The molecule has 1 amide bonds. The molecule has 1 aromatic heterocycles. The fourth-order valence-corrected chi connectivity index (χ4v) is 1.50. The van der Waals surface area contributed by atoms with Crippen LogP contribution in [0.4, 0.5) is 0 Å². The normalized spacial score (nSPS) is 10.1. The second-order valence-corrected chi connectivity index (χ2v) is 3.52. The third kappa shape index (κ3) is 3.19. The van der Waals surface area contributed by atoms with Crippen LogP contribution in [0.25, 0.3) is 0 Å². The highest BCUT2D eigenvalue weighted by Crippen LogP contribution is 2.17. The van der Waals surface area contributed by atoms with Crippen LogP contribution in [-0.4, -0.2) is 11.7 Å². The van der Waals surface area contributed by atoms with Crippen molar-refractivity contribution >= 4 is 29.3 Å². The Balaban J connectivity index is 2.29. The standard InChI is InChI=1S/C7H8ClNO2S/c8-6-2-1-5(11-6)3-12-4-7(9)10/h1-2H,3-4H2,(H2,9,10). The van der Waals surface area contributed by atoms with E-state index >= 15 is 0 Å². The summed E-state index contributed by atoms with van der Waals surface area (Å²) in [5.74, 6) is 1.36. The highest BCUT2D eigenvalue weighted by molar-refractivity contribution is 7.99. The first kappa shape index (κ1) is 9.48. The van der Waals surface area contributed by atoms with Gasteiger partial charge in [-0.15, -0.1) is 11.8 Å². The molecule has 0 bridgehead atoms. The van der Waals surface area contributed by atoms with Crippen LogP contribution in [0.2, 0.25) is 5.22 Å². The molecule has 0 radical (unpaired) electrons. The maximum Gasteiger partial charge on any atom is 0.227 e. The number of halogens is 1. The van der Waals surface area contributed by atoms with Gasteiger partial charge in [-0.05, 0) is 23.7 Å². The topological polar surface area (TPSA) is 56.2 Å². The average molecular weight is 206 g/mol. The third-order valence-electron chi connectivity index (χ3n) is 1.12. The van der Waals surface area contributed by atoms with Crippen molar-refractivity contribution in [3.63, 3.8) is 0 Å². The van der Waals surface area contributed by atoms with E-state index in [0.29, 0.717) is 16.7 Å². The molecule has 0 saturated heterocycles. The maximum atomic E-state index is 10.3. The van der Waals surface area contributed by atoms with Crippen LogP contribution < -0.4 is 5.73 Å². The van der Waals surface area contributed by atoms with Crippen molar-refractivity contribution in [1.29, 1.82) is 0 Å². The predicted molar refractivity (Wildman–Crippen MR) is 49.1 cm³/mol. The Bertz CT molecular complexity index is 274. The summed E-state index contributed by atoms with van der Waals surface area (Å²) in [5, 5.41) is 0.365. The van der Waals surface area contributed by atoms with Crippen molar-refractivity contribution in [2.24, 2.45) is 5.73 Å². The minimum atomic E-state index is -0.322. The lowest BCUT2D eigenvalue weighted by molar-refractivity contribution is -0.115. The van der Waals surface area contributed by atoms with Gasteiger partial charge in [0.25, 0.3) is 0 Å². The van der Waals surface area contributed by atoms with Gasteiger partial charge < -0.3 is 10.2 Å². The summed E-state index contributed by atoms with van der Waals surface area (Å²) >= 11 is 6.94. The number of carbonyl (C=O) groups is 1. The Hall–Kier alpha value is -0.610. The molecule has 0 aliphatic heterocycles. The third-order valence-corrected chi connectivity index (χ3v) is 2.30. The van der Waals surface area contributed by atoms with Crippen molar-refractivity contribution in [3.05, 3.63) is 23.1 Å². The largest absolute Gasteiger partial charge is 0.449 e. The number of hydrogen-bond acceptors (Lipinski definition) is 3. The van der Waals surface area contributed by atoms with Crippen molar-refractivity contribution in [2.75, 3.05) is 5.75 Å². The van der Waals surface area contributed by atoms with Crippen LogP contribution in [0, 0.1) is 0 Å². The second-order valence-electron chi connectivity index (χ2n) is 2.16. The first-order chi connectivity index (χ1) is 5.68. The van der Waals surface area contributed by atoms with Gasteiger partial charge in [-0.25, -0.2) is 0 Å². The van der Waals surface area contributed by atoms with Gasteiger partial charge in [-0.1, -0.05) is 0 Å². The zero-order valence-corrected chi connectivity index (χ0v) is 7.82. The van der Waals surface area contributed by atoms with Crippen LogP contribution in [0.3, 0.4) is 0 Å². The molecule has 0 atom stereocenters. The van der Waals surface area contributed by atoms with Gasteiger partial charge in [0.2, 0.25) is 5.91 Å². The monoisotopic (exact) mass is 205 g/mol. The summed E-state index contributed by atoms with van der Waals surface area (Å²) in [6.07, 6.45) is 0. The van der Waals surface area contributed by atoms with Crippen molar-refractivity contribution in [1.82, 2.24) is 0 Å². The Morgan fingerprint density at radius 3 is 2.92 bits per heavy atom. The van der Waals surface area contributed by atoms with Crippen molar-refractivity contribution in [3.8, 4) is 0 Å². The van der Waals surface area contributed by atoms with E-state index in [1.165, 1.54) is 11.8 Å². The molecule has 0 unspecified atom stereocenters. The zero-order valence-electron chi connectivity index (χ0n) is 6.25. The summed E-state index contributed by atoms with van der Waals surface area (Å²) in [4.78, 5) is 10.3. The number of thioether (sulfide) groups is 1. The van der Waals surface area contributed by atoms with E-state index in [-0.39, 0.29) is 5.91 Å². The van der Waals surface area contributed by atoms with Gasteiger partial charge in [0, 0.05) is 0 Å². The van der Waals surface area contributed by atoms with E-state index in [2.05, 4.69) is 0 Å². The Kier molecular flexibility index (Phi) is 3.49. The van der Waals surface area contributed by atoms with Crippen LogP contribution >= 0.6 is 23.4 Å². The van der Waals surface area contributed by atoms with Gasteiger partial charge in [0.05, 0.1) is 11.5 Å². The Morgan fingerprint density at radius 1 is 1.67 bits per heavy atom. The highest BCUT2D eigenvalue weighted by atomic mass is 35.5. The smallest absolute Gasteiger partial charge is 0.227 e. The molecule has 12 heavy (non-hydrogen) atoms. The molecule has 5 heteroatoms. The van der Waals surface area contributed by atoms with Gasteiger partial charge in [-0.3, -0.25) is 4.79 Å². The molecule has 3 nitrogen and oxygen atoms in total. The summed E-state index contributed by atoms with van der Waals surface area (Å²) in [7, 11) is 0. The summed E-state index contributed by atoms with van der Waals surface area (Å²) in [6.45, 7) is 0. The quantitative estimate of drug-likeness (QED) is 0.813. The fourth-order valence-electron chi connectivity index (χ4n) is 0.682. The molecular weight excluding hydrogens is 198 g/mol. The number of furan rings is 1. The highest BCUT2D eigenvalue weighted by Gasteiger charge is 2.00.